The summed E-state index contributed by atoms with van der Waals surface area (Å²) in [7, 11) is 0. The smallest absolute Gasteiger partial charge is 0.326 e. The molecule has 0 bridgehead atoms. The summed E-state index contributed by atoms with van der Waals surface area (Å²) < 4.78 is 3.77. The molecule has 4 aromatic rings. The quantitative estimate of drug-likeness (QED) is 0.538. The molecular weight excluding hydrogens is 402 g/mol. The van der Waals surface area contributed by atoms with Gasteiger partial charge in [-0.1, -0.05) is 42.5 Å². The van der Waals surface area contributed by atoms with Gasteiger partial charge in [-0.3, -0.25) is 14.0 Å². The zero-order valence-electron chi connectivity index (χ0n) is 18.4. The lowest BCUT2D eigenvalue weighted by atomic mass is 10.0. The number of nitrogens with zero attached hydrogens (tertiary/aromatic N) is 4. The highest BCUT2D eigenvalue weighted by Crippen LogP contribution is 2.27. The molecule has 0 unspecified atom stereocenters. The van der Waals surface area contributed by atoms with E-state index in [4.69, 9.17) is 0 Å². The van der Waals surface area contributed by atoms with E-state index >= 15 is 0 Å². The first-order chi connectivity index (χ1) is 15.5. The summed E-state index contributed by atoms with van der Waals surface area (Å²) >= 11 is 0. The predicted molar refractivity (Wildman–Crippen MR) is 124 cm³/mol. The molecule has 1 fully saturated rings. The predicted octanol–water partition coefficient (Wildman–Crippen LogP) is 3.67. The minimum Gasteiger partial charge on any atom is -0.338 e. The summed E-state index contributed by atoms with van der Waals surface area (Å²) in [6.07, 6.45) is 1.51. The number of aromatic nitrogens is 4. The number of nitrogens with one attached hydrogen (secondary N) is 1. The second-order valence-corrected chi connectivity index (χ2v) is 8.53. The van der Waals surface area contributed by atoms with Gasteiger partial charge in [0.05, 0.1) is 28.8 Å². The van der Waals surface area contributed by atoms with Crippen LogP contribution >= 0.6 is 0 Å². The monoisotopic (exact) mass is 429 g/mol. The Bertz CT molecular complexity index is 1320. The molecule has 7 heteroatoms. The lowest BCUT2D eigenvalue weighted by Gasteiger charge is -2.32. The molecule has 1 aliphatic heterocycles. The van der Waals surface area contributed by atoms with Crippen LogP contribution in [0.4, 0.5) is 0 Å². The van der Waals surface area contributed by atoms with Crippen LogP contribution in [0.15, 0.2) is 59.4 Å². The lowest BCUT2D eigenvalue weighted by molar-refractivity contribution is 0.0693. The number of hydrogen-bond acceptors (Lipinski definition) is 3. The number of H-pyrrole nitrogens is 1. The van der Waals surface area contributed by atoms with Crippen molar-refractivity contribution in [3.05, 3.63) is 87.6 Å². The van der Waals surface area contributed by atoms with Gasteiger partial charge in [0.15, 0.2) is 0 Å². The molecule has 32 heavy (non-hydrogen) atoms. The van der Waals surface area contributed by atoms with E-state index in [1.54, 1.807) is 0 Å². The van der Waals surface area contributed by atoms with Gasteiger partial charge in [-0.25, -0.2) is 4.79 Å². The molecule has 3 heterocycles. The fourth-order valence-corrected chi connectivity index (χ4v) is 4.84. The molecule has 1 aliphatic rings. The molecule has 0 radical (unpaired) electrons. The van der Waals surface area contributed by atoms with Crippen LogP contribution in [0.25, 0.3) is 11.0 Å². The molecule has 5 rings (SSSR count). The number of carbonyl (C=O) groups excluding carboxylic acids is 1. The van der Waals surface area contributed by atoms with Crippen LogP contribution in [-0.4, -0.2) is 43.2 Å². The molecule has 2 aromatic heterocycles. The Hall–Kier alpha value is -3.61. The number of fused-ring (bicyclic) bond motifs is 1. The van der Waals surface area contributed by atoms with Crippen LogP contribution in [0.3, 0.4) is 0 Å². The van der Waals surface area contributed by atoms with E-state index in [0.717, 1.165) is 40.8 Å². The second-order valence-electron chi connectivity index (χ2n) is 8.53. The van der Waals surface area contributed by atoms with Crippen molar-refractivity contribution in [2.24, 2.45) is 0 Å². The number of rotatable bonds is 4. The van der Waals surface area contributed by atoms with Crippen molar-refractivity contribution in [1.82, 2.24) is 24.2 Å². The number of imidazole rings is 1. The summed E-state index contributed by atoms with van der Waals surface area (Å²) in [6.45, 7) is 5.76. The molecule has 1 amide bonds. The second kappa shape index (κ2) is 8.15. The average Bonchev–Trinajstić information content (AvgIpc) is 3.28. The van der Waals surface area contributed by atoms with Gasteiger partial charge in [-0.05, 0) is 44.4 Å². The first kappa shape index (κ1) is 20.3. The van der Waals surface area contributed by atoms with Gasteiger partial charge in [-0.15, -0.1) is 0 Å². The summed E-state index contributed by atoms with van der Waals surface area (Å²) in [6, 6.07) is 18.0. The number of likely N-dealkylation sites (tertiary alicyclic amines) is 1. The first-order valence-corrected chi connectivity index (χ1v) is 11.1. The molecule has 7 nitrogen and oxygen atoms in total. The number of benzene rings is 2. The maximum Gasteiger partial charge on any atom is 0.326 e. The van der Waals surface area contributed by atoms with Crippen molar-refractivity contribution in [3.8, 4) is 0 Å². The standard InChI is InChI=1S/C25H27N5O2/c1-17-23(18(2)29(27-17)16-19-8-4-3-5-9-19)24(31)28-14-12-20(13-15-28)30-22-11-7-6-10-21(22)26-25(30)32/h3-11,20H,12-16H2,1-2H3,(H,26,32). The van der Waals surface area contributed by atoms with Gasteiger partial charge in [-0.2, -0.15) is 5.10 Å². The van der Waals surface area contributed by atoms with Crippen molar-refractivity contribution >= 4 is 16.9 Å². The zero-order chi connectivity index (χ0) is 22.2. The summed E-state index contributed by atoms with van der Waals surface area (Å²) in [4.78, 5) is 30.8. The van der Waals surface area contributed by atoms with Gasteiger partial charge < -0.3 is 9.88 Å². The number of piperidine rings is 1. The fourth-order valence-electron chi connectivity index (χ4n) is 4.84. The molecule has 1 saturated heterocycles. The van der Waals surface area contributed by atoms with Crippen molar-refractivity contribution < 1.29 is 4.79 Å². The van der Waals surface area contributed by atoms with Crippen molar-refractivity contribution in [1.29, 1.82) is 0 Å². The van der Waals surface area contributed by atoms with Gasteiger partial charge in [0.2, 0.25) is 0 Å². The van der Waals surface area contributed by atoms with Gasteiger partial charge in [0, 0.05) is 24.8 Å². The number of para-hydroxylation sites is 2. The largest absolute Gasteiger partial charge is 0.338 e. The van der Waals surface area contributed by atoms with Gasteiger partial charge >= 0.3 is 5.69 Å². The molecule has 0 aliphatic carbocycles. The van der Waals surface area contributed by atoms with Crippen LogP contribution in [-0.2, 0) is 6.54 Å². The zero-order valence-corrected chi connectivity index (χ0v) is 18.4. The number of aryl methyl sites for hydroxylation is 1. The molecule has 2 aromatic carbocycles. The van der Waals surface area contributed by atoms with Gasteiger partial charge in [0.1, 0.15) is 0 Å². The topological polar surface area (TPSA) is 75.9 Å². The Morgan fingerprint density at radius 2 is 1.72 bits per heavy atom. The molecular formula is C25H27N5O2. The van der Waals surface area contributed by atoms with E-state index in [2.05, 4.69) is 22.2 Å². The average molecular weight is 430 g/mol. The van der Waals surface area contributed by atoms with E-state index < -0.39 is 0 Å². The SMILES string of the molecule is Cc1nn(Cc2ccccc2)c(C)c1C(=O)N1CCC(n2c(=O)[nH]c3ccccc32)CC1. The number of aromatic amines is 1. The lowest BCUT2D eigenvalue weighted by Crippen LogP contribution is -2.40. The number of hydrogen-bond donors (Lipinski definition) is 1. The molecule has 0 atom stereocenters. The highest BCUT2D eigenvalue weighted by atomic mass is 16.2. The Balaban J connectivity index is 1.33. The molecule has 164 valence electrons. The Morgan fingerprint density at radius 3 is 2.47 bits per heavy atom. The Kier molecular flexibility index (Phi) is 5.17. The summed E-state index contributed by atoms with van der Waals surface area (Å²) in [5.74, 6) is 0.0315. The maximum absolute atomic E-state index is 13.4. The van der Waals surface area contributed by atoms with E-state index in [-0.39, 0.29) is 17.6 Å². The minimum atomic E-state index is -0.0788. The van der Waals surface area contributed by atoms with Crippen molar-refractivity contribution in [2.45, 2.75) is 39.3 Å². The van der Waals surface area contributed by atoms with Crippen LogP contribution < -0.4 is 5.69 Å². The summed E-state index contributed by atoms with van der Waals surface area (Å²) in [5, 5.41) is 4.64. The third-order valence-electron chi connectivity index (χ3n) is 6.51. The Labute approximate surface area is 186 Å². The normalized spacial score (nSPS) is 14.9. The first-order valence-electron chi connectivity index (χ1n) is 11.1. The maximum atomic E-state index is 13.4. The highest BCUT2D eigenvalue weighted by molar-refractivity contribution is 5.96. The summed E-state index contributed by atoms with van der Waals surface area (Å²) in [5.41, 5.74) is 5.21. The third kappa shape index (κ3) is 3.53. The number of amides is 1. The minimum absolute atomic E-state index is 0.0315. The van der Waals surface area contributed by atoms with Crippen molar-refractivity contribution in [3.63, 3.8) is 0 Å². The third-order valence-corrected chi connectivity index (χ3v) is 6.51. The van der Waals surface area contributed by atoms with Crippen LogP contribution in [0.5, 0.6) is 0 Å². The van der Waals surface area contributed by atoms with E-state index in [9.17, 15) is 9.59 Å². The van der Waals surface area contributed by atoms with Gasteiger partial charge in [0.25, 0.3) is 5.91 Å². The number of carbonyl (C=O) groups is 1. The Morgan fingerprint density at radius 1 is 1.03 bits per heavy atom. The van der Waals surface area contributed by atoms with Crippen LogP contribution in [0.1, 0.15) is 46.2 Å². The molecule has 0 spiro atoms. The van der Waals surface area contributed by atoms with E-state index in [1.165, 1.54) is 0 Å². The van der Waals surface area contributed by atoms with E-state index in [1.807, 2.05) is 70.5 Å². The van der Waals surface area contributed by atoms with Crippen LogP contribution in [0.2, 0.25) is 0 Å². The highest BCUT2D eigenvalue weighted by Gasteiger charge is 2.29. The van der Waals surface area contributed by atoms with Crippen molar-refractivity contribution in [2.75, 3.05) is 13.1 Å². The fraction of sp³-hybridized carbons (Fsp3) is 0.320. The molecule has 1 N–H and O–H groups in total. The van der Waals surface area contributed by atoms with Crippen LogP contribution in [0, 0.1) is 13.8 Å². The van der Waals surface area contributed by atoms with E-state index in [0.29, 0.717) is 25.2 Å². The molecule has 0 saturated carbocycles.